The molecule has 4 nitrogen and oxygen atoms in total. The predicted molar refractivity (Wildman–Crippen MR) is 88.1 cm³/mol. The highest BCUT2D eigenvalue weighted by molar-refractivity contribution is 5.82. The number of hydrogen-bond acceptors (Lipinski definition) is 2. The van der Waals surface area contributed by atoms with Crippen LogP contribution in [0.15, 0.2) is 53.3 Å². The topological polar surface area (TPSA) is 47.2 Å². The molecule has 3 rings (SSSR count). The van der Waals surface area contributed by atoms with Crippen LogP contribution < -0.4 is 5.56 Å². The van der Waals surface area contributed by atoms with Gasteiger partial charge in [-0.3, -0.25) is 14.2 Å². The van der Waals surface area contributed by atoms with Crippen LogP contribution >= 0.6 is 0 Å². The van der Waals surface area contributed by atoms with Crippen LogP contribution in [0.25, 0.3) is 10.9 Å². The highest BCUT2D eigenvalue weighted by Gasteiger charge is 2.14. The first kappa shape index (κ1) is 14.6. The minimum atomic E-state index is 0.0273. The van der Waals surface area contributed by atoms with Crippen molar-refractivity contribution in [3.05, 3.63) is 70.0 Å². The minimum Gasteiger partial charge on any atom is -0.396 e. The van der Waals surface area contributed by atoms with E-state index in [1.165, 1.54) is 0 Å². The van der Waals surface area contributed by atoms with Crippen molar-refractivity contribution in [3.63, 3.8) is 0 Å². The highest BCUT2D eigenvalue weighted by Crippen LogP contribution is 2.18. The average molecular weight is 296 g/mol. The number of benzene rings is 2. The van der Waals surface area contributed by atoms with Gasteiger partial charge in [-0.15, -0.1) is 0 Å². The van der Waals surface area contributed by atoms with Crippen molar-refractivity contribution in [3.8, 4) is 0 Å². The maximum absolute atomic E-state index is 12.6. The number of aromatic nitrogens is 2. The normalized spacial score (nSPS) is 11.2. The lowest BCUT2D eigenvalue weighted by Gasteiger charge is -2.09. The molecule has 0 bridgehead atoms. The molecule has 0 radical (unpaired) electrons. The molecule has 0 fully saturated rings. The fraction of sp³-hybridized carbons (Fsp3) is 0.278. The van der Waals surface area contributed by atoms with Crippen LogP contribution in [0.5, 0.6) is 0 Å². The molecule has 0 amide bonds. The van der Waals surface area contributed by atoms with Crippen molar-refractivity contribution >= 4 is 10.9 Å². The number of hydrogen-bond donors (Lipinski definition) is 1. The van der Waals surface area contributed by atoms with Crippen LogP contribution in [0.3, 0.4) is 0 Å². The van der Waals surface area contributed by atoms with Crippen molar-refractivity contribution in [2.45, 2.75) is 19.4 Å². The second-order valence-electron chi connectivity index (χ2n) is 5.51. The summed E-state index contributed by atoms with van der Waals surface area (Å²) in [6, 6.07) is 16.1. The van der Waals surface area contributed by atoms with Gasteiger partial charge < -0.3 is 5.11 Å². The Hall–Kier alpha value is -2.33. The van der Waals surface area contributed by atoms with E-state index in [0.29, 0.717) is 13.0 Å². The molecule has 22 heavy (non-hydrogen) atoms. The lowest BCUT2D eigenvalue weighted by Crippen LogP contribution is -2.19. The third-order valence-corrected chi connectivity index (χ3v) is 4.06. The summed E-state index contributed by atoms with van der Waals surface area (Å²) >= 11 is 0. The van der Waals surface area contributed by atoms with Crippen molar-refractivity contribution in [2.24, 2.45) is 7.05 Å². The van der Waals surface area contributed by atoms with E-state index >= 15 is 0 Å². The Morgan fingerprint density at radius 3 is 2.55 bits per heavy atom. The Balaban J connectivity index is 2.11. The number of nitrogens with zero attached hydrogens (tertiary/aromatic N) is 2. The molecule has 0 aliphatic rings. The molecular weight excluding hydrogens is 276 g/mol. The molecule has 1 aromatic heterocycles. The molecule has 0 aliphatic carbocycles. The van der Waals surface area contributed by atoms with E-state index in [4.69, 9.17) is 5.11 Å². The van der Waals surface area contributed by atoms with E-state index in [-0.39, 0.29) is 12.2 Å². The molecule has 0 aliphatic heterocycles. The SMILES string of the molecule is Cn1c(=O)c2c(CCCO)cccc2n1Cc1ccccc1. The van der Waals surface area contributed by atoms with Crippen molar-refractivity contribution < 1.29 is 5.11 Å². The molecule has 2 aromatic carbocycles. The van der Waals surface area contributed by atoms with Crippen LogP contribution in [0.1, 0.15) is 17.5 Å². The summed E-state index contributed by atoms with van der Waals surface area (Å²) in [5.41, 5.74) is 3.15. The maximum Gasteiger partial charge on any atom is 0.274 e. The summed E-state index contributed by atoms with van der Waals surface area (Å²) < 4.78 is 3.69. The Labute approximate surface area is 129 Å². The monoisotopic (exact) mass is 296 g/mol. The lowest BCUT2D eigenvalue weighted by atomic mass is 10.1. The lowest BCUT2D eigenvalue weighted by molar-refractivity contribution is 0.289. The fourth-order valence-corrected chi connectivity index (χ4v) is 2.91. The zero-order chi connectivity index (χ0) is 15.5. The van der Waals surface area contributed by atoms with Gasteiger partial charge in [-0.05, 0) is 30.0 Å². The molecule has 1 heterocycles. The second kappa shape index (κ2) is 6.20. The van der Waals surface area contributed by atoms with Gasteiger partial charge in [0.15, 0.2) is 0 Å². The molecule has 0 saturated carbocycles. The number of aliphatic hydroxyl groups excluding tert-OH is 1. The smallest absolute Gasteiger partial charge is 0.274 e. The molecule has 0 unspecified atom stereocenters. The quantitative estimate of drug-likeness (QED) is 0.785. The van der Waals surface area contributed by atoms with E-state index in [2.05, 4.69) is 12.1 Å². The first-order chi connectivity index (χ1) is 10.7. The Kier molecular flexibility index (Phi) is 4.11. The van der Waals surface area contributed by atoms with E-state index in [1.54, 1.807) is 11.7 Å². The van der Waals surface area contributed by atoms with Crippen LogP contribution in [0, 0.1) is 0 Å². The summed E-state index contributed by atoms with van der Waals surface area (Å²) in [7, 11) is 1.81. The minimum absolute atomic E-state index is 0.0273. The third kappa shape index (κ3) is 2.57. The van der Waals surface area contributed by atoms with Gasteiger partial charge in [0.25, 0.3) is 5.56 Å². The molecule has 0 spiro atoms. The molecule has 4 heteroatoms. The molecule has 3 aromatic rings. The molecule has 1 N–H and O–H groups in total. The molecule has 114 valence electrons. The van der Waals surface area contributed by atoms with Crippen LogP contribution in [0.4, 0.5) is 0 Å². The van der Waals surface area contributed by atoms with Gasteiger partial charge in [0.2, 0.25) is 0 Å². The van der Waals surface area contributed by atoms with Gasteiger partial charge in [-0.25, -0.2) is 0 Å². The zero-order valence-corrected chi connectivity index (χ0v) is 12.7. The average Bonchev–Trinajstić information content (AvgIpc) is 2.79. The third-order valence-electron chi connectivity index (χ3n) is 4.06. The fourth-order valence-electron chi connectivity index (χ4n) is 2.91. The molecule has 0 saturated heterocycles. The van der Waals surface area contributed by atoms with Crippen molar-refractivity contribution in [2.75, 3.05) is 6.61 Å². The number of aliphatic hydroxyl groups is 1. The van der Waals surface area contributed by atoms with E-state index in [0.717, 1.165) is 28.5 Å². The van der Waals surface area contributed by atoms with E-state index in [1.807, 2.05) is 41.1 Å². The Bertz CT molecular complexity index is 831. The largest absolute Gasteiger partial charge is 0.396 e. The molecular formula is C18H20N2O2. The number of rotatable bonds is 5. The Morgan fingerprint density at radius 1 is 1.05 bits per heavy atom. The van der Waals surface area contributed by atoms with Gasteiger partial charge in [-0.2, -0.15) is 0 Å². The summed E-state index contributed by atoms with van der Waals surface area (Å²) in [5.74, 6) is 0. The van der Waals surface area contributed by atoms with Gasteiger partial charge in [0, 0.05) is 13.7 Å². The van der Waals surface area contributed by atoms with Gasteiger partial charge >= 0.3 is 0 Å². The van der Waals surface area contributed by atoms with Crippen LogP contribution in [-0.4, -0.2) is 21.1 Å². The van der Waals surface area contributed by atoms with Crippen LogP contribution in [0.2, 0.25) is 0 Å². The van der Waals surface area contributed by atoms with Crippen molar-refractivity contribution in [1.29, 1.82) is 0 Å². The van der Waals surface area contributed by atoms with Gasteiger partial charge in [0.1, 0.15) is 0 Å². The summed E-state index contributed by atoms with van der Waals surface area (Å²) in [6.45, 7) is 0.807. The standard InChI is InChI=1S/C18H20N2O2/c1-19-18(22)17-15(10-6-12-21)9-5-11-16(17)20(19)13-14-7-3-2-4-8-14/h2-5,7-9,11,21H,6,10,12-13H2,1H3. The first-order valence-electron chi connectivity index (χ1n) is 7.54. The first-order valence-corrected chi connectivity index (χ1v) is 7.54. The zero-order valence-electron chi connectivity index (χ0n) is 12.7. The Morgan fingerprint density at radius 2 is 1.82 bits per heavy atom. The summed E-state index contributed by atoms with van der Waals surface area (Å²) in [6.07, 6.45) is 1.39. The van der Waals surface area contributed by atoms with Crippen molar-refractivity contribution in [1.82, 2.24) is 9.36 Å². The molecule has 0 atom stereocenters. The highest BCUT2D eigenvalue weighted by atomic mass is 16.2. The van der Waals surface area contributed by atoms with Gasteiger partial charge in [0.05, 0.1) is 17.4 Å². The summed E-state index contributed by atoms with van der Waals surface area (Å²) in [4.78, 5) is 12.6. The van der Waals surface area contributed by atoms with E-state index in [9.17, 15) is 4.79 Å². The maximum atomic E-state index is 12.6. The van der Waals surface area contributed by atoms with E-state index < -0.39 is 0 Å². The van der Waals surface area contributed by atoms with Crippen LogP contribution in [-0.2, 0) is 20.0 Å². The number of aryl methyl sites for hydroxylation is 1. The predicted octanol–water partition coefficient (Wildman–Crippen LogP) is 2.31. The van der Waals surface area contributed by atoms with Gasteiger partial charge in [-0.1, -0.05) is 42.5 Å². The number of fused-ring (bicyclic) bond motifs is 1. The second-order valence-corrected chi connectivity index (χ2v) is 5.51. The summed E-state index contributed by atoms with van der Waals surface area (Å²) in [5, 5.41) is 9.81.